The fourth-order valence-electron chi connectivity index (χ4n) is 1.83. The smallest absolute Gasteiger partial charge is 0.303 e. The second kappa shape index (κ2) is 19.9. The second-order valence-corrected chi connectivity index (χ2v) is 5.02. The Kier molecular flexibility index (Phi) is 22.1. The molecule has 0 saturated heterocycles. The third-order valence-corrected chi connectivity index (χ3v) is 3.03. The van der Waals surface area contributed by atoms with E-state index in [-0.39, 0.29) is 37.7 Å². The van der Waals surface area contributed by atoms with Gasteiger partial charge in [0.25, 0.3) is 0 Å². The number of unbranched alkanes of at least 4 members (excludes halogenated alkanes) is 5. The number of hydrogen-bond donors (Lipinski definition) is 1. The summed E-state index contributed by atoms with van der Waals surface area (Å²) >= 11 is 0. The first-order valence-electron chi connectivity index (χ1n) is 7.94. The number of aliphatic carboxylic acids is 1. The van der Waals surface area contributed by atoms with Crippen molar-refractivity contribution in [2.75, 3.05) is 0 Å². The Labute approximate surface area is 160 Å². The van der Waals surface area contributed by atoms with Gasteiger partial charge in [-0.3, -0.25) is 4.79 Å². The predicted octanol–water partition coefficient (Wildman–Crippen LogP) is 5.28. The number of carboxylic acid groups (broad SMARTS) is 1. The SMILES string of the molecule is CCCCCC=CCC=CCC=CCCCCC(=O)O.[Ca]. The van der Waals surface area contributed by atoms with Crippen molar-refractivity contribution in [2.45, 2.75) is 71.1 Å². The number of allylic oxidation sites excluding steroid dienone is 6. The van der Waals surface area contributed by atoms with Gasteiger partial charge in [0.15, 0.2) is 0 Å². The van der Waals surface area contributed by atoms with Crippen LogP contribution in [0.1, 0.15) is 71.1 Å². The molecule has 3 heteroatoms. The topological polar surface area (TPSA) is 37.3 Å². The zero-order valence-corrected chi connectivity index (χ0v) is 15.8. The maximum absolute atomic E-state index is 10.3. The van der Waals surface area contributed by atoms with Crippen molar-refractivity contribution < 1.29 is 9.90 Å². The zero-order valence-electron chi connectivity index (χ0n) is 13.6. The molecule has 21 heavy (non-hydrogen) atoms. The summed E-state index contributed by atoms with van der Waals surface area (Å²) in [5.74, 6) is -0.695. The van der Waals surface area contributed by atoms with E-state index in [9.17, 15) is 4.79 Å². The molecule has 2 radical (unpaired) electrons. The number of carboxylic acids is 1. The monoisotopic (exact) mass is 318 g/mol. The number of carbonyl (C=O) groups is 1. The van der Waals surface area contributed by atoms with Crippen molar-refractivity contribution in [1.29, 1.82) is 0 Å². The molecule has 1 N–H and O–H groups in total. The van der Waals surface area contributed by atoms with Crippen molar-refractivity contribution in [3.8, 4) is 0 Å². The average Bonchev–Trinajstić information content (AvgIpc) is 2.43. The van der Waals surface area contributed by atoms with E-state index >= 15 is 0 Å². The molecule has 0 aliphatic heterocycles. The summed E-state index contributed by atoms with van der Waals surface area (Å²) in [5.41, 5.74) is 0. The molecular weight excluding hydrogens is 288 g/mol. The third kappa shape index (κ3) is 22.4. The number of rotatable bonds is 13. The molecule has 0 spiro atoms. The molecule has 116 valence electrons. The van der Waals surface area contributed by atoms with E-state index in [0.717, 1.165) is 32.1 Å². The van der Waals surface area contributed by atoms with E-state index < -0.39 is 5.97 Å². The molecule has 0 aromatic carbocycles. The summed E-state index contributed by atoms with van der Waals surface area (Å²) in [6.45, 7) is 2.23. The van der Waals surface area contributed by atoms with Gasteiger partial charge in [-0.25, -0.2) is 0 Å². The Morgan fingerprint density at radius 2 is 1.29 bits per heavy atom. The van der Waals surface area contributed by atoms with Gasteiger partial charge in [0.05, 0.1) is 0 Å². The Balaban J connectivity index is 0. The maximum Gasteiger partial charge on any atom is 0.303 e. The Morgan fingerprint density at radius 1 is 0.810 bits per heavy atom. The van der Waals surface area contributed by atoms with Gasteiger partial charge >= 0.3 is 5.97 Å². The van der Waals surface area contributed by atoms with Crippen LogP contribution in [0.15, 0.2) is 36.5 Å². The molecule has 0 aromatic rings. The van der Waals surface area contributed by atoms with Gasteiger partial charge in [-0.05, 0) is 44.9 Å². The van der Waals surface area contributed by atoms with Gasteiger partial charge in [0.1, 0.15) is 0 Å². The molecule has 0 atom stereocenters. The van der Waals surface area contributed by atoms with Gasteiger partial charge in [-0.2, -0.15) is 0 Å². The van der Waals surface area contributed by atoms with Gasteiger partial charge < -0.3 is 5.11 Å². The van der Waals surface area contributed by atoms with Crippen molar-refractivity contribution in [1.82, 2.24) is 0 Å². The molecule has 0 aromatic heterocycles. The standard InChI is InChI=1S/C18H30O2.Ca/c1-2-3-4-5-6-7-8-9-10-11-12-13-14-15-16-17-18(19)20;/h6-7,9-10,12-13H,2-5,8,11,14-17H2,1H3,(H,19,20);. The van der Waals surface area contributed by atoms with E-state index in [4.69, 9.17) is 5.11 Å². The van der Waals surface area contributed by atoms with Gasteiger partial charge in [0, 0.05) is 44.2 Å². The van der Waals surface area contributed by atoms with Crippen molar-refractivity contribution in [2.24, 2.45) is 0 Å². The first-order valence-corrected chi connectivity index (χ1v) is 7.94. The maximum atomic E-state index is 10.3. The second-order valence-electron chi connectivity index (χ2n) is 5.02. The molecule has 0 unspecified atom stereocenters. The Hall–Kier alpha value is -0.0503. The zero-order chi connectivity index (χ0) is 14.9. The normalized spacial score (nSPS) is 11.5. The van der Waals surface area contributed by atoms with Crippen molar-refractivity contribution in [3.63, 3.8) is 0 Å². The summed E-state index contributed by atoms with van der Waals surface area (Å²) in [4.78, 5) is 10.3. The molecule has 0 bridgehead atoms. The van der Waals surface area contributed by atoms with Crippen LogP contribution < -0.4 is 0 Å². The van der Waals surface area contributed by atoms with E-state index in [1.165, 1.54) is 25.7 Å². The molecule has 0 amide bonds. The summed E-state index contributed by atoms with van der Waals surface area (Å²) in [5, 5.41) is 8.48. The molecule has 0 saturated carbocycles. The molecule has 0 aliphatic rings. The molecule has 2 nitrogen and oxygen atoms in total. The van der Waals surface area contributed by atoms with Gasteiger partial charge in [0.2, 0.25) is 0 Å². The summed E-state index contributed by atoms with van der Waals surface area (Å²) in [7, 11) is 0. The van der Waals surface area contributed by atoms with Crippen LogP contribution in [0.4, 0.5) is 0 Å². The largest absolute Gasteiger partial charge is 0.481 e. The molecule has 0 aliphatic carbocycles. The van der Waals surface area contributed by atoms with Crippen LogP contribution in [-0.2, 0) is 4.79 Å². The molecule has 0 rings (SSSR count). The first-order chi connectivity index (χ1) is 9.77. The van der Waals surface area contributed by atoms with Crippen molar-refractivity contribution >= 4 is 43.7 Å². The van der Waals surface area contributed by atoms with E-state index in [2.05, 4.69) is 43.4 Å². The summed E-state index contributed by atoms with van der Waals surface area (Å²) in [6.07, 6.45) is 23.3. The van der Waals surface area contributed by atoms with Crippen LogP contribution in [0.2, 0.25) is 0 Å². The fraction of sp³-hybridized carbons (Fsp3) is 0.611. The third-order valence-electron chi connectivity index (χ3n) is 3.03. The summed E-state index contributed by atoms with van der Waals surface area (Å²) in [6, 6.07) is 0. The van der Waals surface area contributed by atoms with E-state index in [1.54, 1.807) is 0 Å². The minimum absolute atomic E-state index is 0. The van der Waals surface area contributed by atoms with Crippen LogP contribution >= 0.6 is 0 Å². The van der Waals surface area contributed by atoms with E-state index in [1.807, 2.05) is 0 Å². The molecule has 0 fully saturated rings. The molecule has 0 heterocycles. The minimum Gasteiger partial charge on any atom is -0.481 e. The Bertz CT molecular complexity index is 306. The first kappa shape index (κ1) is 23.2. The van der Waals surface area contributed by atoms with Gasteiger partial charge in [-0.15, -0.1) is 0 Å². The van der Waals surface area contributed by atoms with Crippen LogP contribution in [0, 0.1) is 0 Å². The van der Waals surface area contributed by atoms with Crippen molar-refractivity contribution in [3.05, 3.63) is 36.5 Å². The van der Waals surface area contributed by atoms with E-state index in [0.29, 0.717) is 6.42 Å². The fourth-order valence-corrected chi connectivity index (χ4v) is 1.83. The Morgan fingerprint density at radius 3 is 1.76 bits per heavy atom. The van der Waals surface area contributed by atoms with Crippen LogP contribution in [0.5, 0.6) is 0 Å². The van der Waals surface area contributed by atoms with Crippen LogP contribution in [0.25, 0.3) is 0 Å². The summed E-state index contributed by atoms with van der Waals surface area (Å²) < 4.78 is 0. The predicted molar refractivity (Wildman–Crippen MR) is 92.7 cm³/mol. The van der Waals surface area contributed by atoms with Gasteiger partial charge in [-0.1, -0.05) is 56.2 Å². The average molecular weight is 319 g/mol. The molecular formula is C18H30CaO2. The quantitative estimate of drug-likeness (QED) is 0.285. The van der Waals surface area contributed by atoms with Crippen LogP contribution in [0.3, 0.4) is 0 Å². The number of hydrogen-bond acceptors (Lipinski definition) is 1. The minimum atomic E-state index is -0.695. The van der Waals surface area contributed by atoms with Crippen LogP contribution in [-0.4, -0.2) is 48.8 Å².